The molecule has 1 aliphatic carbocycles. The van der Waals surface area contributed by atoms with E-state index in [1.807, 2.05) is 12.1 Å². The van der Waals surface area contributed by atoms with Crippen LogP contribution in [0.1, 0.15) is 45.1 Å². The Labute approximate surface area is 127 Å². The summed E-state index contributed by atoms with van der Waals surface area (Å²) in [6, 6.07) is 8.14. The fraction of sp³-hybridized carbons (Fsp3) is 0.647. The zero-order valence-electron chi connectivity index (χ0n) is 12.8. The molecule has 1 N–H and O–H groups in total. The van der Waals surface area contributed by atoms with Crippen molar-refractivity contribution in [2.24, 2.45) is 5.92 Å². The number of halogens is 1. The van der Waals surface area contributed by atoms with Crippen LogP contribution in [0.25, 0.3) is 0 Å². The lowest BCUT2D eigenvalue weighted by atomic mass is 9.98. The summed E-state index contributed by atoms with van der Waals surface area (Å²) in [7, 11) is 0. The van der Waals surface area contributed by atoms with E-state index >= 15 is 0 Å². The van der Waals surface area contributed by atoms with Gasteiger partial charge in [0.15, 0.2) is 0 Å². The molecule has 0 heterocycles. The van der Waals surface area contributed by atoms with Crippen molar-refractivity contribution in [2.75, 3.05) is 19.8 Å². The molecule has 1 atom stereocenters. The first-order chi connectivity index (χ1) is 9.44. The Balaban J connectivity index is 1.92. The van der Waals surface area contributed by atoms with Crippen molar-refractivity contribution in [1.82, 2.24) is 5.32 Å². The monoisotopic (exact) mass is 295 g/mol. The predicted molar refractivity (Wildman–Crippen MR) is 85.5 cm³/mol. The first-order valence-corrected chi connectivity index (χ1v) is 7.90. The van der Waals surface area contributed by atoms with Gasteiger partial charge in [0.25, 0.3) is 0 Å². The summed E-state index contributed by atoms with van der Waals surface area (Å²) in [5.74, 6) is 1.20. The minimum Gasteiger partial charge on any atom is -0.380 e. The zero-order valence-corrected chi connectivity index (χ0v) is 13.5. The number of benzene rings is 1. The molecule has 1 unspecified atom stereocenters. The number of hydrogen-bond acceptors (Lipinski definition) is 2. The smallest absolute Gasteiger partial charge is 0.0547 e. The summed E-state index contributed by atoms with van der Waals surface area (Å²) >= 11 is 5.97. The number of ether oxygens (including phenoxy) is 1. The number of rotatable bonds is 7. The number of hydrogen-bond donors (Lipinski definition) is 1. The molecule has 1 aromatic rings. The molecular weight excluding hydrogens is 270 g/mol. The highest BCUT2D eigenvalue weighted by atomic mass is 35.5. The van der Waals surface area contributed by atoms with Gasteiger partial charge in [-0.05, 0) is 57.2 Å². The predicted octanol–water partition coefficient (Wildman–Crippen LogP) is 4.24. The van der Waals surface area contributed by atoms with Crippen LogP contribution >= 0.6 is 11.6 Å². The van der Waals surface area contributed by atoms with Crippen molar-refractivity contribution < 1.29 is 4.74 Å². The first kappa shape index (κ1) is 15.8. The highest BCUT2D eigenvalue weighted by Crippen LogP contribution is 2.29. The Bertz CT molecular complexity index is 406. The summed E-state index contributed by atoms with van der Waals surface area (Å²) in [6.45, 7) is 9.20. The molecule has 0 aliphatic heterocycles. The minimum atomic E-state index is 0.126. The normalized spacial score (nSPS) is 17.2. The Morgan fingerprint density at radius 3 is 2.45 bits per heavy atom. The maximum Gasteiger partial charge on any atom is 0.0547 e. The van der Waals surface area contributed by atoms with Crippen LogP contribution < -0.4 is 5.32 Å². The van der Waals surface area contributed by atoms with Gasteiger partial charge in [-0.3, -0.25) is 0 Å². The minimum absolute atomic E-state index is 0.126. The van der Waals surface area contributed by atoms with E-state index in [0.29, 0.717) is 5.92 Å². The lowest BCUT2D eigenvalue weighted by Gasteiger charge is -2.25. The third-order valence-corrected chi connectivity index (χ3v) is 3.84. The second kappa shape index (κ2) is 6.93. The van der Waals surface area contributed by atoms with Gasteiger partial charge in [-0.2, -0.15) is 0 Å². The van der Waals surface area contributed by atoms with Gasteiger partial charge in [-0.1, -0.05) is 23.7 Å². The van der Waals surface area contributed by atoms with Gasteiger partial charge >= 0.3 is 0 Å². The molecule has 3 heteroatoms. The summed E-state index contributed by atoms with van der Waals surface area (Å²) < 4.78 is 5.90. The second-order valence-corrected chi connectivity index (χ2v) is 7.30. The highest BCUT2D eigenvalue weighted by molar-refractivity contribution is 6.30. The molecule has 20 heavy (non-hydrogen) atoms. The second-order valence-electron chi connectivity index (χ2n) is 6.86. The van der Waals surface area contributed by atoms with Crippen LogP contribution in [0.5, 0.6) is 0 Å². The van der Waals surface area contributed by atoms with Crippen molar-refractivity contribution in [3.05, 3.63) is 34.9 Å². The van der Waals surface area contributed by atoms with Gasteiger partial charge < -0.3 is 10.1 Å². The van der Waals surface area contributed by atoms with Gasteiger partial charge in [0.2, 0.25) is 0 Å². The van der Waals surface area contributed by atoms with Crippen molar-refractivity contribution in [3.8, 4) is 0 Å². The van der Waals surface area contributed by atoms with E-state index in [0.717, 1.165) is 30.7 Å². The fourth-order valence-electron chi connectivity index (χ4n) is 2.10. The van der Waals surface area contributed by atoms with E-state index in [4.69, 9.17) is 16.3 Å². The molecule has 0 saturated heterocycles. The van der Waals surface area contributed by atoms with Gasteiger partial charge in [-0.15, -0.1) is 0 Å². The van der Waals surface area contributed by atoms with E-state index < -0.39 is 0 Å². The Morgan fingerprint density at radius 1 is 1.25 bits per heavy atom. The van der Waals surface area contributed by atoms with Crippen molar-refractivity contribution >= 4 is 11.6 Å². The Hall–Kier alpha value is -0.570. The van der Waals surface area contributed by atoms with Crippen LogP contribution in [0.4, 0.5) is 0 Å². The average molecular weight is 296 g/mol. The Morgan fingerprint density at radius 2 is 1.90 bits per heavy atom. The van der Waals surface area contributed by atoms with Crippen LogP contribution in [0, 0.1) is 5.92 Å². The third kappa shape index (κ3) is 5.82. The molecule has 1 saturated carbocycles. The zero-order chi connectivity index (χ0) is 14.6. The van der Waals surface area contributed by atoms with Gasteiger partial charge in [0.1, 0.15) is 0 Å². The van der Waals surface area contributed by atoms with Gasteiger partial charge in [0, 0.05) is 29.6 Å². The molecule has 2 nitrogen and oxygen atoms in total. The van der Waals surface area contributed by atoms with Crippen LogP contribution in [0.15, 0.2) is 24.3 Å². The van der Waals surface area contributed by atoms with Crippen LogP contribution in [0.3, 0.4) is 0 Å². The summed E-state index contributed by atoms with van der Waals surface area (Å²) in [6.07, 6.45) is 2.68. The standard InChI is InChI=1S/C17H26ClNO/c1-17(2,3)19-10-15(12-20-11-13-4-5-13)14-6-8-16(18)9-7-14/h6-9,13,15,19H,4-5,10-12H2,1-3H3. The van der Waals surface area contributed by atoms with Crippen LogP contribution in [0.2, 0.25) is 5.02 Å². The summed E-state index contributed by atoms with van der Waals surface area (Å²) in [5, 5.41) is 4.36. The SMILES string of the molecule is CC(C)(C)NCC(COCC1CC1)c1ccc(Cl)cc1. The molecule has 0 radical (unpaired) electrons. The van der Waals surface area contributed by atoms with E-state index in [-0.39, 0.29) is 5.54 Å². The van der Waals surface area contributed by atoms with E-state index in [9.17, 15) is 0 Å². The van der Waals surface area contributed by atoms with Crippen molar-refractivity contribution in [2.45, 2.75) is 45.1 Å². The molecule has 1 aliphatic rings. The van der Waals surface area contributed by atoms with Crippen molar-refractivity contribution in [1.29, 1.82) is 0 Å². The lowest BCUT2D eigenvalue weighted by molar-refractivity contribution is 0.108. The average Bonchev–Trinajstić information content (AvgIpc) is 3.18. The molecule has 0 spiro atoms. The molecule has 0 bridgehead atoms. The van der Waals surface area contributed by atoms with Crippen molar-refractivity contribution in [3.63, 3.8) is 0 Å². The molecule has 0 amide bonds. The molecule has 1 aromatic carbocycles. The fourth-order valence-corrected chi connectivity index (χ4v) is 2.22. The van der Waals surface area contributed by atoms with E-state index in [1.165, 1.54) is 18.4 Å². The van der Waals surface area contributed by atoms with Gasteiger partial charge in [0.05, 0.1) is 6.61 Å². The molecule has 2 rings (SSSR count). The van der Waals surface area contributed by atoms with Crippen LogP contribution in [-0.2, 0) is 4.74 Å². The van der Waals surface area contributed by atoms with E-state index in [1.54, 1.807) is 0 Å². The third-order valence-electron chi connectivity index (χ3n) is 3.59. The van der Waals surface area contributed by atoms with E-state index in [2.05, 4.69) is 38.2 Å². The highest BCUT2D eigenvalue weighted by Gasteiger charge is 2.22. The molecule has 1 fully saturated rings. The Kier molecular flexibility index (Phi) is 5.48. The summed E-state index contributed by atoms with van der Waals surface area (Å²) in [5.41, 5.74) is 1.42. The topological polar surface area (TPSA) is 21.3 Å². The quantitative estimate of drug-likeness (QED) is 0.812. The summed E-state index contributed by atoms with van der Waals surface area (Å²) in [4.78, 5) is 0. The molecule has 112 valence electrons. The maximum absolute atomic E-state index is 5.97. The maximum atomic E-state index is 5.97. The first-order valence-electron chi connectivity index (χ1n) is 7.52. The number of nitrogens with one attached hydrogen (secondary N) is 1. The molecule has 0 aromatic heterocycles. The van der Waals surface area contributed by atoms with Gasteiger partial charge in [-0.25, -0.2) is 0 Å². The lowest BCUT2D eigenvalue weighted by Crippen LogP contribution is -2.39. The largest absolute Gasteiger partial charge is 0.380 e. The van der Waals surface area contributed by atoms with Crippen LogP contribution in [-0.4, -0.2) is 25.3 Å². The molecular formula is C17H26ClNO.